The third-order valence-electron chi connectivity index (χ3n) is 2.91. The van der Waals surface area contributed by atoms with Gasteiger partial charge < -0.3 is 9.47 Å². The highest BCUT2D eigenvalue weighted by atomic mass is 16.5. The van der Waals surface area contributed by atoms with Gasteiger partial charge in [-0.15, -0.1) is 0 Å². The Balaban J connectivity index is 1.77. The zero-order valence-corrected chi connectivity index (χ0v) is 11.5. The van der Waals surface area contributed by atoms with Gasteiger partial charge in [0.15, 0.2) is 0 Å². The second-order valence-electron chi connectivity index (χ2n) is 4.33. The molecule has 0 saturated carbocycles. The molecule has 0 heterocycles. The Morgan fingerprint density at radius 1 is 0.950 bits per heavy atom. The molecule has 2 aromatic carbocycles. The highest BCUT2D eigenvalue weighted by Crippen LogP contribution is 2.14. The quantitative estimate of drug-likeness (QED) is 0.751. The van der Waals surface area contributed by atoms with Crippen LogP contribution < -0.4 is 9.47 Å². The maximum Gasteiger partial charge on any atom is 0.122 e. The van der Waals surface area contributed by atoms with E-state index in [1.807, 2.05) is 18.2 Å². The van der Waals surface area contributed by atoms with E-state index in [2.05, 4.69) is 19.1 Å². The van der Waals surface area contributed by atoms with Crippen LogP contribution in [0.1, 0.15) is 18.1 Å². The molecule has 0 fully saturated rings. The predicted molar refractivity (Wildman–Crippen MR) is 78.0 cm³/mol. The molecule has 0 aliphatic heterocycles. The molecule has 20 heavy (non-hydrogen) atoms. The van der Waals surface area contributed by atoms with E-state index < -0.39 is 0 Å². The summed E-state index contributed by atoms with van der Waals surface area (Å²) in [6.07, 6.45) is 0.999. The average molecular weight is 267 g/mol. The van der Waals surface area contributed by atoms with Gasteiger partial charge in [0.2, 0.25) is 0 Å². The van der Waals surface area contributed by atoms with Crippen molar-refractivity contribution in [1.82, 2.24) is 0 Å². The molecule has 3 nitrogen and oxygen atoms in total. The van der Waals surface area contributed by atoms with Crippen molar-refractivity contribution in [3.8, 4) is 17.6 Å². The molecule has 0 bridgehead atoms. The van der Waals surface area contributed by atoms with Crippen molar-refractivity contribution in [2.75, 3.05) is 13.2 Å². The van der Waals surface area contributed by atoms with Gasteiger partial charge >= 0.3 is 0 Å². The second kappa shape index (κ2) is 7.20. The molecule has 0 N–H and O–H groups in total. The third kappa shape index (κ3) is 4.03. The molecule has 0 aromatic heterocycles. The van der Waals surface area contributed by atoms with Crippen LogP contribution in [-0.4, -0.2) is 13.2 Å². The van der Waals surface area contributed by atoms with Gasteiger partial charge in [0.25, 0.3) is 0 Å². The molecule has 0 atom stereocenters. The van der Waals surface area contributed by atoms with Crippen molar-refractivity contribution in [3.63, 3.8) is 0 Å². The van der Waals surface area contributed by atoms with Crippen LogP contribution in [0, 0.1) is 11.3 Å². The van der Waals surface area contributed by atoms with Crippen molar-refractivity contribution in [3.05, 3.63) is 59.7 Å². The summed E-state index contributed by atoms with van der Waals surface area (Å²) in [6, 6.07) is 17.2. The smallest absolute Gasteiger partial charge is 0.122 e. The zero-order chi connectivity index (χ0) is 14.2. The van der Waals surface area contributed by atoms with E-state index in [1.54, 1.807) is 24.3 Å². The van der Waals surface area contributed by atoms with Crippen LogP contribution in [-0.2, 0) is 6.42 Å². The Kier molecular flexibility index (Phi) is 5.02. The maximum absolute atomic E-state index is 8.70. The predicted octanol–water partition coefficient (Wildman–Crippen LogP) is 3.58. The van der Waals surface area contributed by atoms with Gasteiger partial charge in [0.05, 0.1) is 11.6 Å². The number of hydrogen-bond acceptors (Lipinski definition) is 3. The van der Waals surface area contributed by atoms with Gasteiger partial charge in [-0.05, 0) is 48.4 Å². The minimum absolute atomic E-state index is 0.474. The summed E-state index contributed by atoms with van der Waals surface area (Å²) >= 11 is 0. The highest BCUT2D eigenvalue weighted by Gasteiger charge is 1.97. The Morgan fingerprint density at radius 2 is 1.65 bits per heavy atom. The Hall–Kier alpha value is -2.47. The lowest BCUT2D eigenvalue weighted by Crippen LogP contribution is -2.09. The number of nitrogens with zero attached hydrogens (tertiary/aromatic N) is 1. The molecular formula is C17H17NO2. The van der Waals surface area contributed by atoms with Gasteiger partial charge in [0.1, 0.15) is 24.7 Å². The van der Waals surface area contributed by atoms with Crippen molar-refractivity contribution in [1.29, 1.82) is 5.26 Å². The lowest BCUT2D eigenvalue weighted by Gasteiger charge is -2.09. The van der Waals surface area contributed by atoms with Crippen molar-refractivity contribution < 1.29 is 9.47 Å². The fourth-order valence-corrected chi connectivity index (χ4v) is 1.80. The van der Waals surface area contributed by atoms with E-state index in [0.29, 0.717) is 18.8 Å². The molecule has 0 saturated heterocycles. The van der Waals surface area contributed by atoms with E-state index in [1.165, 1.54) is 5.56 Å². The molecule has 0 aliphatic rings. The fourth-order valence-electron chi connectivity index (χ4n) is 1.80. The summed E-state index contributed by atoms with van der Waals surface area (Å²) in [7, 11) is 0. The van der Waals surface area contributed by atoms with Crippen LogP contribution in [0.4, 0.5) is 0 Å². The van der Waals surface area contributed by atoms with Crippen molar-refractivity contribution >= 4 is 0 Å². The number of ether oxygens (including phenoxy) is 2. The van der Waals surface area contributed by atoms with E-state index in [0.717, 1.165) is 17.9 Å². The summed E-state index contributed by atoms with van der Waals surface area (Å²) < 4.78 is 11.2. The first-order chi connectivity index (χ1) is 9.81. The summed E-state index contributed by atoms with van der Waals surface area (Å²) in [4.78, 5) is 0. The van der Waals surface area contributed by atoms with Gasteiger partial charge in [-0.25, -0.2) is 0 Å². The van der Waals surface area contributed by atoms with Crippen molar-refractivity contribution in [2.45, 2.75) is 13.3 Å². The Bertz CT molecular complexity index is 585. The van der Waals surface area contributed by atoms with Crippen molar-refractivity contribution in [2.24, 2.45) is 0 Å². The van der Waals surface area contributed by atoms with E-state index in [4.69, 9.17) is 14.7 Å². The van der Waals surface area contributed by atoms with Crippen LogP contribution in [0.5, 0.6) is 11.5 Å². The molecule has 0 unspecified atom stereocenters. The first-order valence-electron chi connectivity index (χ1n) is 6.66. The van der Waals surface area contributed by atoms with Gasteiger partial charge in [0, 0.05) is 0 Å². The molecule has 102 valence electrons. The lowest BCUT2D eigenvalue weighted by molar-refractivity contribution is 0.217. The average Bonchev–Trinajstić information content (AvgIpc) is 2.52. The molecule has 0 spiro atoms. The fraction of sp³-hybridized carbons (Fsp3) is 0.235. The summed E-state index contributed by atoms with van der Waals surface area (Å²) in [5, 5.41) is 8.70. The third-order valence-corrected chi connectivity index (χ3v) is 2.91. The first kappa shape index (κ1) is 14.0. The summed E-state index contributed by atoms with van der Waals surface area (Å²) in [5.41, 5.74) is 1.89. The van der Waals surface area contributed by atoms with E-state index in [9.17, 15) is 0 Å². The van der Waals surface area contributed by atoms with Gasteiger partial charge in [-0.1, -0.05) is 19.1 Å². The maximum atomic E-state index is 8.70. The normalized spacial score (nSPS) is 9.80. The Labute approximate surface area is 119 Å². The van der Waals surface area contributed by atoms with Crippen LogP contribution in [0.2, 0.25) is 0 Å². The summed E-state index contributed by atoms with van der Waals surface area (Å²) in [6.45, 7) is 3.09. The van der Waals surface area contributed by atoms with E-state index in [-0.39, 0.29) is 0 Å². The molecular weight excluding hydrogens is 250 g/mol. The van der Waals surface area contributed by atoms with Crippen LogP contribution >= 0.6 is 0 Å². The molecule has 3 heteroatoms. The van der Waals surface area contributed by atoms with Crippen LogP contribution in [0.15, 0.2) is 48.5 Å². The standard InChI is InChI=1S/C17H17NO2/c1-2-14-4-3-5-17(12-14)20-11-10-19-16-8-6-15(13-18)7-9-16/h3-9,12H,2,10-11H2,1H3. The summed E-state index contributed by atoms with van der Waals surface area (Å²) in [5.74, 6) is 1.61. The Morgan fingerprint density at radius 3 is 2.30 bits per heavy atom. The van der Waals surface area contributed by atoms with Gasteiger partial charge in [-0.3, -0.25) is 0 Å². The SMILES string of the molecule is CCc1cccc(OCCOc2ccc(C#N)cc2)c1. The number of hydrogen-bond donors (Lipinski definition) is 0. The second-order valence-corrected chi connectivity index (χ2v) is 4.33. The molecule has 2 aromatic rings. The number of aryl methyl sites for hydroxylation is 1. The molecule has 0 amide bonds. The largest absolute Gasteiger partial charge is 0.490 e. The molecule has 2 rings (SSSR count). The number of nitriles is 1. The van der Waals surface area contributed by atoms with Gasteiger partial charge in [-0.2, -0.15) is 5.26 Å². The number of benzene rings is 2. The zero-order valence-electron chi connectivity index (χ0n) is 11.5. The minimum atomic E-state index is 0.474. The van der Waals surface area contributed by atoms with E-state index >= 15 is 0 Å². The minimum Gasteiger partial charge on any atom is -0.490 e. The molecule has 0 aliphatic carbocycles. The number of rotatable bonds is 6. The highest BCUT2D eigenvalue weighted by molar-refractivity contribution is 5.34. The van der Waals surface area contributed by atoms with Crippen LogP contribution in [0.3, 0.4) is 0 Å². The van der Waals surface area contributed by atoms with Crippen LogP contribution in [0.25, 0.3) is 0 Å². The monoisotopic (exact) mass is 267 g/mol. The first-order valence-corrected chi connectivity index (χ1v) is 6.66. The topological polar surface area (TPSA) is 42.2 Å². The lowest BCUT2D eigenvalue weighted by atomic mass is 10.2. The molecule has 0 radical (unpaired) electrons.